The van der Waals surface area contributed by atoms with Crippen molar-refractivity contribution in [3.63, 3.8) is 0 Å². The van der Waals surface area contributed by atoms with Crippen molar-refractivity contribution in [1.82, 2.24) is 10.2 Å². The van der Waals surface area contributed by atoms with Crippen LogP contribution < -0.4 is 10.1 Å². The van der Waals surface area contributed by atoms with Crippen LogP contribution in [0.4, 0.5) is 0 Å². The lowest BCUT2D eigenvalue weighted by molar-refractivity contribution is -0.198. The number of phenols is 1. The van der Waals surface area contributed by atoms with E-state index < -0.39 is 23.0 Å². The molecule has 7 heteroatoms. The molecule has 1 saturated heterocycles. The molecule has 3 fully saturated rings. The van der Waals surface area contributed by atoms with Gasteiger partial charge in [-0.25, -0.2) is 0 Å². The van der Waals surface area contributed by atoms with Crippen molar-refractivity contribution in [2.75, 3.05) is 13.1 Å². The summed E-state index contributed by atoms with van der Waals surface area (Å²) < 4.78 is 6.20. The Bertz CT molecular complexity index is 1230. The molecule has 7 nitrogen and oxygen atoms in total. The summed E-state index contributed by atoms with van der Waals surface area (Å²) in [6.45, 7) is 2.03. The van der Waals surface area contributed by atoms with E-state index in [0.717, 1.165) is 29.8 Å². The van der Waals surface area contributed by atoms with Gasteiger partial charge in [0, 0.05) is 24.7 Å². The molecule has 2 heterocycles. The minimum Gasteiger partial charge on any atom is -0.504 e. The van der Waals surface area contributed by atoms with Crippen LogP contribution in [-0.2, 0) is 28.0 Å². The first-order valence-corrected chi connectivity index (χ1v) is 12.8. The van der Waals surface area contributed by atoms with Gasteiger partial charge >= 0.3 is 0 Å². The molecular weight excluding hydrogens is 444 g/mol. The fourth-order valence-corrected chi connectivity index (χ4v) is 7.43. The van der Waals surface area contributed by atoms with Crippen LogP contribution in [0.15, 0.2) is 42.5 Å². The molecule has 7 rings (SSSR count). The van der Waals surface area contributed by atoms with E-state index in [1.807, 2.05) is 36.4 Å². The lowest BCUT2D eigenvalue weighted by atomic mass is 9.47. The van der Waals surface area contributed by atoms with Crippen LogP contribution in [0.25, 0.3) is 0 Å². The fourth-order valence-electron chi connectivity index (χ4n) is 7.43. The third-order valence-corrected chi connectivity index (χ3v) is 9.26. The van der Waals surface area contributed by atoms with Gasteiger partial charge in [-0.15, -0.1) is 0 Å². The summed E-state index contributed by atoms with van der Waals surface area (Å²) in [6.07, 6.45) is 2.74. The van der Waals surface area contributed by atoms with Crippen LogP contribution in [-0.4, -0.2) is 57.6 Å². The molecule has 2 aromatic rings. The highest BCUT2D eigenvalue weighted by molar-refractivity contribution is 6.06. The van der Waals surface area contributed by atoms with Crippen LogP contribution in [0, 0.1) is 11.8 Å². The Morgan fingerprint density at radius 1 is 1.17 bits per heavy atom. The molecule has 0 radical (unpaired) electrons. The highest BCUT2D eigenvalue weighted by atomic mass is 16.5. The summed E-state index contributed by atoms with van der Waals surface area (Å²) in [5.74, 6) is -0.689. The number of carbonyl (C=O) groups excluding carboxylic acids is 2. The second-order valence-electron chi connectivity index (χ2n) is 11.1. The number of Topliss-reactive ketones (excluding diaryl/α,β-unsaturated/α-hetero) is 1. The SMILES string of the molecule is O=C(NCc1ccccc1)C1C[C@@]2(O)[C@H]3Cc4ccc(O)c5c4[C@@]2(CCN3CC2CC2)[C@@H](O5)C1=O. The monoisotopic (exact) mass is 474 g/mol. The fraction of sp³-hybridized carbons (Fsp3) is 0.500. The number of likely N-dealkylation sites (tertiary alicyclic amines) is 1. The average molecular weight is 475 g/mol. The van der Waals surface area contributed by atoms with Gasteiger partial charge in [-0.3, -0.25) is 14.5 Å². The molecule has 1 amide bonds. The predicted molar refractivity (Wildman–Crippen MR) is 127 cm³/mol. The first kappa shape index (κ1) is 21.4. The second kappa shape index (κ2) is 7.31. The van der Waals surface area contributed by atoms with E-state index in [0.29, 0.717) is 31.1 Å². The number of hydrogen-bond acceptors (Lipinski definition) is 6. The van der Waals surface area contributed by atoms with Gasteiger partial charge in [-0.05, 0) is 61.8 Å². The maximum atomic E-state index is 13.8. The second-order valence-corrected chi connectivity index (χ2v) is 11.1. The number of nitrogens with one attached hydrogen (secondary N) is 1. The Hall–Kier alpha value is -2.90. The van der Waals surface area contributed by atoms with E-state index in [1.165, 1.54) is 12.8 Å². The van der Waals surface area contributed by atoms with Gasteiger partial charge in [0.15, 0.2) is 23.4 Å². The first-order chi connectivity index (χ1) is 16.9. The van der Waals surface area contributed by atoms with Gasteiger partial charge in [-0.1, -0.05) is 36.4 Å². The van der Waals surface area contributed by atoms with Crippen LogP contribution in [0.2, 0.25) is 0 Å². The molecule has 1 spiro atoms. The summed E-state index contributed by atoms with van der Waals surface area (Å²) in [6, 6.07) is 12.9. The molecular formula is C28H30N2O5. The maximum absolute atomic E-state index is 13.8. The number of phenolic OH excluding ortho intramolecular Hbond substituents is 1. The topological polar surface area (TPSA) is 99.1 Å². The Morgan fingerprint density at radius 2 is 1.97 bits per heavy atom. The molecule has 2 aromatic carbocycles. The number of piperidine rings is 1. The van der Waals surface area contributed by atoms with Gasteiger partial charge in [0.05, 0.1) is 11.0 Å². The lowest BCUT2D eigenvalue weighted by Gasteiger charge is -2.63. The number of ether oxygens (including phenoxy) is 1. The number of rotatable bonds is 5. The first-order valence-electron chi connectivity index (χ1n) is 12.8. The molecule has 1 unspecified atom stereocenters. The van der Waals surface area contributed by atoms with Gasteiger partial charge < -0.3 is 20.3 Å². The van der Waals surface area contributed by atoms with Crippen molar-refractivity contribution in [2.45, 2.75) is 61.8 Å². The number of aromatic hydroxyl groups is 1. The number of hydrogen-bond donors (Lipinski definition) is 3. The van der Waals surface area contributed by atoms with E-state index in [1.54, 1.807) is 6.07 Å². The number of benzene rings is 2. The molecule has 182 valence electrons. The highest BCUT2D eigenvalue weighted by Crippen LogP contribution is 2.65. The number of aliphatic hydroxyl groups is 1. The third-order valence-electron chi connectivity index (χ3n) is 9.26. The van der Waals surface area contributed by atoms with Crippen molar-refractivity contribution in [3.8, 4) is 11.5 Å². The van der Waals surface area contributed by atoms with E-state index in [9.17, 15) is 19.8 Å². The van der Waals surface area contributed by atoms with Gasteiger partial charge in [-0.2, -0.15) is 0 Å². The molecule has 2 bridgehead atoms. The zero-order valence-corrected chi connectivity index (χ0v) is 19.6. The number of amides is 1. The summed E-state index contributed by atoms with van der Waals surface area (Å²) in [5, 5.41) is 26.1. The van der Waals surface area contributed by atoms with Gasteiger partial charge in [0.25, 0.3) is 0 Å². The van der Waals surface area contributed by atoms with Crippen molar-refractivity contribution in [2.24, 2.45) is 11.8 Å². The molecule has 5 aliphatic rings. The summed E-state index contributed by atoms with van der Waals surface area (Å²) in [5.41, 5.74) is 0.564. The van der Waals surface area contributed by atoms with Crippen LogP contribution in [0.3, 0.4) is 0 Å². The number of ketones is 1. The minimum absolute atomic E-state index is 0.00776. The lowest BCUT2D eigenvalue weighted by Crippen LogP contribution is -2.78. The quantitative estimate of drug-likeness (QED) is 0.574. The van der Waals surface area contributed by atoms with E-state index in [4.69, 9.17) is 4.74 Å². The zero-order chi connectivity index (χ0) is 23.9. The van der Waals surface area contributed by atoms with E-state index in [2.05, 4.69) is 10.2 Å². The smallest absolute Gasteiger partial charge is 0.231 e. The summed E-state index contributed by atoms with van der Waals surface area (Å²) in [7, 11) is 0. The zero-order valence-electron chi connectivity index (χ0n) is 19.6. The Kier molecular flexibility index (Phi) is 4.46. The predicted octanol–water partition coefficient (Wildman–Crippen LogP) is 2.07. The Labute approximate surface area is 204 Å². The van der Waals surface area contributed by atoms with Crippen molar-refractivity contribution in [3.05, 3.63) is 59.2 Å². The molecule has 0 aromatic heterocycles. The molecule has 2 aliphatic heterocycles. The molecule has 3 N–H and O–H groups in total. The van der Waals surface area contributed by atoms with Crippen LogP contribution >= 0.6 is 0 Å². The highest BCUT2D eigenvalue weighted by Gasteiger charge is 2.75. The third kappa shape index (κ3) is 2.85. The number of nitrogens with zero attached hydrogens (tertiary/aromatic N) is 1. The van der Waals surface area contributed by atoms with E-state index >= 15 is 0 Å². The molecule has 2 saturated carbocycles. The Morgan fingerprint density at radius 3 is 2.74 bits per heavy atom. The Balaban J connectivity index is 1.28. The standard InChI is InChI=1S/C28H30N2O5/c31-20-9-8-18-12-21-28(34)13-19(26(33)29-14-16-4-2-1-3-5-16)23(32)25-27(28,22(18)24(20)35-25)10-11-30(21)15-17-6-7-17/h1-5,8-9,17,19,21,25,31,34H,6-7,10-15H2,(H,29,33)/t19?,21-,25+,27+,28-/m1/s1. The van der Waals surface area contributed by atoms with E-state index in [-0.39, 0.29) is 29.9 Å². The van der Waals surface area contributed by atoms with Crippen molar-refractivity contribution >= 4 is 11.7 Å². The average Bonchev–Trinajstić information content (AvgIpc) is 3.60. The summed E-state index contributed by atoms with van der Waals surface area (Å²) >= 11 is 0. The minimum atomic E-state index is -1.29. The van der Waals surface area contributed by atoms with Gasteiger partial charge in [0.2, 0.25) is 5.91 Å². The van der Waals surface area contributed by atoms with Crippen LogP contribution in [0.1, 0.15) is 42.4 Å². The number of carbonyl (C=O) groups is 2. The van der Waals surface area contributed by atoms with Crippen molar-refractivity contribution < 1.29 is 24.5 Å². The molecule has 5 atom stereocenters. The maximum Gasteiger partial charge on any atom is 0.231 e. The van der Waals surface area contributed by atoms with Crippen LogP contribution in [0.5, 0.6) is 11.5 Å². The largest absolute Gasteiger partial charge is 0.504 e. The summed E-state index contributed by atoms with van der Waals surface area (Å²) in [4.78, 5) is 29.6. The van der Waals surface area contributed by atoms with Crippen molar-refractivity contribution in [1.29, 1.82) is 0 Å². The van der Waals surface area contributed by atoms with Gasteiger partial charge in [0.1, 0.15) is 5.92 Å². The molecule has 35 heavy (non-hydrogen) atoms. The molecule has 3 aliphatic carbocycles. The normalized spacial score (nSPS) is 34.8.